The fraction of sp³-hybridized carbons (Fsp3) is 0.105. The summed E-state index contributed by atoms with van der Waals surface area (Å²) >= 11 is 0. The summed E-state index contributed by atoms with van der Waals surface area (Å²) in [7, 11) is 0. The van der Waals surface area contributed by atoms with E-state index in [9.17, 15) is 30.3 Å². The molecule has 3 rings (SSSR count). The number of nitro benzene ring substituents is 3. The number of aromatic hydroxyl groups is 1. The molecule has 1 aromatic heterocycles. The van der Waals surface area contributed by atoms with Gasteiger partial charge in [0, 0.05) is 12.4 Å². The topological polar surface area (TPSA) is 163 Å². The van der Waals surface area contributed by atoms with Crippen molar-refractivity contribution in [2.24, 2.45) is 0 Å². The summed E-state index contributed by atoms with van der Waals surface area (Å²) in [4.78, 5) is 31.9. The molecule has 0 aliphatic carbocycles. The number of non-ortho nitro benzene ring substituents is 1. The van der Waals surface area contributed by atoms with Crippen molar-refractivity contribution in [2.75, 3.05) is 0 Å². The van der Waals surface area contributed by atoms with E-state index in [2.05, 4.69) is 42.2 Å². The maximum atomic E-state index is 10.4. The van der Waals surface area contributed by atoms with Gasteiger partial charge in [0.15, 0.2) is 0 Å². The van der Waals surface area contributed by atoms with Crippen LogP contribution in [0.15, 0.2) is 60.9 Å². The first kappa shape index (κ1) is 21.9. The molecule has 3 aromatic rings. The highest BCUT2D eigenvalue weighted by molar-refractivity contribution is 5.64. The van der Waals surface area contributed by atoms with Gasteiger partial charge < -0.3 is 5.11 Å². The largest absolute Gasteiger partial charge is 0.497 e. The lowest BCUT2D eigenvalue weighted by atomic mass is 10.0. The zero-order valence-corrected chi connectivity index (χ0v) is 15.7. The summed E-state index contributed by atoms with van der Waals surface area (Å²) in [6.07, 6.45) is 4.76. The Hall–Kier alpha value is -4.41. The average molecular weight is 412 g/mol. The van der Waals surface area contributed by atoms with Crippen molar-refractivity contribution in [3.8, 4) is 5.75 Å². The molecule has 0 saturated heterocycles. The summed E-state index contributed by atoms with van der Waals surface area (Å²) in [6, 6.07) is 13.5. The minimum atomic E-state index is -1.21. The Kier molecular flexibility index (Phi) is 7.06. The summed E-state index contributed by atoms with van der Waals surface area (Å²) in [6.45, 7) is 2.10. The van der Waals surface area contributed by atoms with Crippen LogP contribution in [0.3, 0.4) is 0 Å². The van der Waals surface area contributed by atoms with Crippen molar-refractivity contribution in [3.63, 3.8) is 0 Å². The van der Waals surface area contributed by atoms with Crippen molar-refractivity contribution in [3.05, 3.63) is 108 Å². The highest BCUT2D eigenvalue weighted by Gasteiger charge is 2.30. The van der Waals surface area contributed by atoms with Crippen molar-refractivity contribution in [1.82, 2.24) is 4.98 Å². The van der Waals surface area contributed by atoms with Crippen LogP contribution in [0, 0.1) is 37.3 Å². The number of phenolic OH excluding ortho intramolecular Hbond substituents is 1. The Labute approximate surface area is 169 Å². The first-order valence-electron chi connectivity index (χ1n) is 8.44. The number of hydrogen-bond acceptors (Lipinski definition) is 8. The summed E-state index contributed by atoms with van der Waals surface area (Å²) in [5, 5.41) is 40.2. The van der Waals surface area contributed by atoms with Crippen molar-refractivity contribution in [2.45, 2.75) is 13.3 Å². The molecule has 1 N–H and O–H groups in total. The zero-order chi connectivity index (χ0) is 22.3. The zero-order valence-electron chi connectivity index (χ0n) is 15.7. The number of benzene rings is 2. The van der Waals surface area contributed by atoms with Gasteiger partial charge in [-0.15, -0.1) is 0 Å². The number of nitro groups is 3. The van der Waals surface area contributed by atoms with Crippen LogP contribution in [0.4, 0.5) is 17.1 Å². The van der Waals surface area contributed by atoms with Crippen molar-refractivity contribution < 1.29 is 19.9 Å². The second-order valence-corrected chi connectivity index (χ2v) is 6.07. The Balaban J connectivity index is 0.000000215. The molecule has 11 heteroatoms. The van der Waals surface area contributed by atoms with E-state index in [1.165, 1.54) is 16.7 Å². The number of hydrogen-bond donors (Lipinski definition) is 1. The van der Waals surface area contributed by atoms with Crippen LogP contribution in [0.1, 0.15) is 16.7 Å². The predicted octanol–water partition coefficient (Wildman–Crippen LogP) is 4.10. The van der Waals surface area contributed by atoms with Gasteiger partial charge in [-0.2, -0.15) is 0 Å². The third kappa shape index (κ3) is 5.55. The number of aromatic nitrogens is 1. The molecule has 30 heavy (non-hydrogen) atoms. The first-order valence-corrected chi connectivity index (χ1v) is 8.44. The molecule has 0 fully saturated rings. The van der Waals surface area contributed by atoms with Crippen LogP contribution >= 0.6 is 0 Å². The van der Waals surface area contributed by atoms with Gasteiger partial charge in [0.25, 0.3) is 11.4 Å². The van der Waals surface area contributed by atoms with Gasteiger partial charge in [-0.05, 0) is 36.1 Å². The lowest BCUT2D eigenvalue weighted by molar-refractivity contribution is -0.404. The van der Waals surface area contributed by atoms with Crippen molar-refractivity contribution in [1.29, 1.82) is 0 Å². The third-order valence-corrected chi connectivity index (χ3v) is 4.03. The maximum absolute atomic E-state index is 10.4. The molecular formula is C19H16N4O7. The normalized spacial score (nSPS) is 9.90. The minimum Gasteiger partial charge on any atom is -0.497 e. The molecule has 2 aromatic carbocycles. The SMILES string of the molecule is Cc1cnccc1Cc1ccccc1.O=[N+]([O-])c1cc([N+](=O)[O-])c(O)c([N+](=O)[O-])c1. The second kappa shape index (κ2) is 9.68. The molecule has 0 aliphatic rings. The minimum absolute atomic E-state index is 0.447. The molecule has 11 nitrogen and oxygen atoms in total. The molecule has 0 aliphatic heterocycles. The number of rotatable bonds is 5. The second-order valence-electron chi connectivity index (χ2n) is 6.07. The molecule has 0 saturated carbocycles. The Morgan fingerprint density at radius 1 is 0.900 bits per heavy atom. The Bertz CT molecular complexity index is 1050. The predicted molar refractivity (Wildman–Crippen MR) is 106 cm³/mol. The monoisotopic (exact) mass is 412 g/mol. The molecule has 0 atom stereocenters. The average Bonchev–Trinajstić information content (AvgIpc) is 2.70. The van der Waals surface area contributed by atoms with Gasteiger partial charge >= 0.3 is 11.4 Å². The standard InChI is InChI=1S/C13H13N.C6H3N3O7/c1-11-10-14-8-7-13(11)9-12-5-3-2-4-6-12;10-6-4(8(13)14)1-3(7(11)12)2-5(6)9(15)16/h2-8,10H,9H2,1H3;1-2,10H. The van der Waals surface area contributed by atoms with Gasteiger partial charge in [-0.1, -0.05) is 30.3 Å². The van der Waals surface area contributed by atoms with Gasteiger partial charge in [-0.25, -0.2) is 0 Å². The number of aryl methyl sites for hydroxylation is 1. The molecular weight excluding hydrogens is 396 g/mol. The van der Waals surface area contributed by atoms with E-state index in [-0.39, 0.29) is 0 Å². The summed E-state index contributed by atoms with van der Waals surface area (Å²) in [5.41, 5.74) is 0.961. The lowest BCUT2D eigenvalue weighted by Crippen LogP contribution is -1.97. The van der Waals surface area contributed by atoms with Crippen LogP contribution in [-0.2, 0) is 6.42 Å². The van der Waals surface area contributed by atoms with E-state index in [1.807, 2.05) is 18.5 Å². The van der Waals surface area contributed by atoms with Gasteiger partial charge in [0.05, 0.1) is 26.9 Å². The molecule has 0 unspecified atom stereocenters. The lowest BCUT2D eigenvalue weighted by Gasteiger charge is -2.04. The number of pyridine rings is 1. The van der Waals surface area contributed by atoms with Crippen LogP contribution in [0.5, 0.6) is 5.75 Å². The van der Waals surface area contributed by atoms with Crippen LogP contribution in [-0.4, -0.2) is 24.9 Å². The van der Waals surface area contributed by atoms with Crippen LogP contribution in [0.25, 0.3) is 0 Å². The molecule has 0 radical (unpaired) electrons. The van der Waals surface area contributed by atoms with Crippen LogP contribution < -0.4 is 0 Å². The Morgan fingerprint density at radius 2 is 1.47 bits per heavy atom. The van der Waals surface area contributed by atoms with E-state index in [0.29, 0.717) is 12.1 Å². The third-order valence-electron chi connectivity index (χ3n) is 4.03. The summed E-state index contributed by atoms with van der Waals surface area (Å²) < 4.78 is 0. The van der Waals surface area contributed by atoms with E-state index < -0.39 is 37.6 Å². The number of nitrogens with zero attached hydrogens (tertiary/aromatic N) is 4. The molecule has 154 valence electrons. The van der Waals surface area contributed by atoms with Gasteiger partial charge in [0.1, 0.15) is 0 Å². The summed E-state index contributed by atoms with van der Waals surface area (Å²) in [5.74, 6) is -1.21. The quantitative estimate of drug-likeness (QED) is 0.483. The van der Waals surface area contributed by atoms with Crippen molar-refractivity contribution >= 4 is 17.1 Å². The highest BCUT2D eigenvalue weighted by Crippen LogP contribution is 2.38. The fourth-order valence-electron chi connectivity index (χ4n) is 2.49. The Morgan fingerprint density at radius 3 is 1.93 bits per heavy atom. The van der Waals surface area contributed by atoms with Crippen LogP contribution in [0.2, 0.25) is 0 Å². The van der Waals surface area contributed by atoms with Gasteiger partial charge in [0.2, 0.25) is 0 Å². The van der Waals surface area contributed by atoms with E-state index in [4.69, 9.17) is 5.11 Å². The maximum Gasteiger partial charge on any atom is 0.324 e. The fourth-order valence-corrected chi connectivity index (χ4v) is 2.49. The molecule has 0 bridgehead atoms. The molecule has 1 heterocycles. The van der Waals surface area contributed by atoms with Gasteiger partial charge in [-0.3, -0.25) is 35.3 Å². The van der Waals surface area contributed by atoms with E-state index >= 15 is 0 Å². The van der Waals surface area contributed by atoms with E-state index in [0.717, 1.165) is 6.42 Å². The molecule has 0 amide bonds. The molecule has 0 spiro atoms. The first-order chi connectivity index (χ1) is 14.2. The smallest absolute Gasteiger partial charge is 0.324 e. The highest BCUT2D eigenvalue weighted by atomic mass is 16.6. The van der Waals surface area contributed by atoms with E-state index in [1.54, 1.807) is 0 Å². The number of phenols is 1.